The molecule has 0 atom stereocenters. The molecule has 9 nitrogen and oxygen atoms in total. The zero-order valence-corrected chi connectivity index (χ0v) is 21.0. The first-order valence-corrected chi connectivity index (χ1v) is 12.1. The number of amides is 2. The van der Waals surface area contributed by atoms with Gasteiger partial charge in [-0.2, -0.15) is 18.3 Å². The number of morpholine rings is 1. The van der Waals surface area contributed by atoms with Gasteiger partial charge >= 0.3 is 12.2 Å². The Morgan fingerprint density at radius 1 is 1.13 bits per heavy atom. The van der Waals surface area contributed by atoms with Gasteiger partial charge in [0.05, 0.1) is 40.9 Å². The number of nitrogens with zero attached hydrogens (tertiary/aromatic N) is 5. The van der Waals surface area contributed by atoms with Gasteiger partial charge in [-0.1, -0.05) is 17.7 Å². The number of halogens is 5. The minimum atomic E-state index is -4.80. The number of aromatic nitrogens is 3. The third-order valence-corrected chi connectivity index (χ3v) is 6.71. The highest BCUT2D eigenvalue weighted by atomic mass is 35.5. The van der Waals surface area contributed by atoms with Crippen LogP contribution < -0.4 is 16.4 Å². The third kappa shape index (κ3) is 5.20. The molecule has 4 N–H and O–H groups in total. The topological polar surface area (TPSA) is 115 Å². The van der Waals surface area contributed by atoms with Gasteiger partial charge in [0.15, 0.2) is 5.82 Å². The van der Waals surface area contributed by atoms with E-state index in [4.69, 9.17) is 27.8 Å². The summed E-state index contributed by atoms with van der Waals surface area (Å²) in [5.74, 6) is -0.725. The van der Waals surface area contributed by atoms with Crippen LogP contribution in [0, 0.1) is 5.82 Å². The zero-order valence-electron chi connectivity index (χ0n) is 20.3. The van der Waals surface area contributed by atoms with Crippen molar-refractivity contribution in [3.63, 3.8) is 0 Å². The van der Waals surface area contributed by atoms with Crippen molar-refractivity contribution in [2.75, 3.05) is 36.9 Å². The molecule has 39 heavy (non-hydrogen) atoms. The molecule has 1 saturated heterocycles. The van der Waals surface area contributed by atoms with Gasteiger partial charge in [-0.3, -0.25) is 9.80 Å². The van der Waals surface area contributed by atoms with Crippen LogP contribution in [-0.4, -0.2) is 51.8 Å². The van der Waals surface area contributed by atoms with Crippen molar-refractivity contribution < 1.29 is 27.1 Å². The number of carbonyl (C=O) groups excluding carboxylic acids is 1. The van der Waals surface area contributed by atoms with Gasteiger partial charge in [-0.05, 0) is 42.0 Å². The molecule has 204 valence electrons. The average Bonchev–Trinajstić information content (AvgIpc) is 3.25. The number of hydrogen-bond donors (Lipinski definition) is 2. The average molecular weight is 564 g/mol. The maximum Gasteiger partial charge on any atom is 0.417 e. The van der Waals surface area contributed by atoms with Crippen LogP contribution in [0.5, 0.6) is 0 Å². The van der Waals surface area contributed by atoms with Crippen molar-refractivity contribution >= 4 is 40.3 Å². The predicted molar refractivity (Wildman–Crippen MR) is 137 cm³/mol. The molecule has 0 unspecified atom stereocenters. The van der Waals surface area contributed by atoms with E-state index >= 15 is 4.39 Å². The van der Waals surface area contributed by atoms with Crippen LogP contribution in [0.4, 0.5) is 39.5 Å². The first-order valence-electron chi connectivity index (χ1n) is 11.7. The van der Waals surface area contributed by atoms with E-state index in [0.717, 1.165) is 37.0 Å². The molecule has 3 heterocycles. The highest BCUT2D eigenvalue weighted by molar-refractivity contribution is 6.31. The summed E-state index contributed by atoms with van der Waals surface area (Å²) in [6, 6.07) is 7.30. The molecular formula is C25H22ClF4N7O2. The Hall–Kier alpha value is -3.94. The predicted octanol–water partition coefficient (Wildman–Crippen LogP) is 4.84. The molecule has 0 radical (unpaired) electrons. The number of carbonyl (C=O) groups is 1. The number of urea groups is 1. The highest BCUT2D eigenvalue weighted by Gasteiger charge is 2.34. The number of fused-ring (bicyclic) bond motifs is 1. The minimum absolute atomic E-state index is 0.178. The molecule has 0 spiro atoms. The molecule has 2 aromatic carbocycles. The quantitative estimate of drug-likeness (QED) is 0.336. The summed E-state index contributed by atoms with van der Waals surface area (Å²) >= 11 is 5.69. The number of nitrogens with two attached hydrogens (primary N) is 2. The van der Waals surface area contributed by atoms with Gasteiger partial charge in [0.2, 0.25) is 0 Å². The second-order valence-electron chi connectivity index (χ2n) is 8.85. The summed E-state index contributed by atoms with van der Waals surface area (Å²) < 4.78 is 62.8. The normalized spacial score (nSPS) is 14.6. The summed E-state index contributed by atoms with van der Waals surface area (Å²) in [6.07, 6.45) is -3.47. The number of ether oxygens (including phenoxy) is 1. The Morgan fingerprint density at radius 2 is 1.87 bits per heavy atom. The van der Waals surface area contributed by atoms with Gasteiger partial charge in [0, 0.05) is 25.2 Å². The van der Waals surface area contributed by atoms with Gasteiger partial charge < -0.3 is 16.2 Å². The van der Waals surface area contributed by atoms with Crippen LogP contribution in [0.2, 0.25) is 5.02 Å². The zero-order chi connectivity index (χ0) is 27.9. The summed E-state index contributed by atoms with van der Waals surface area (Å²) in [5.41, 5.74) is 12.0. The van der Waals surface area contributed by atoms with Crippen LogP contribution in [0.3, 0.4) is 0 Å². The Morgan fingerprint density at radius 3 is 2.54 bits per heavy atom. The van der Waals surface area contributed by atoms with Crippen molar-refractivity contribution in [3.05, 3.63) is 70.9 Å². The molecular weight excluding hydrogens is 542 g/mol. The lowest BCUT2D eigenvalue weighted by Gasteiger charge is -2.26. The van der Waals surface area contributed by atoms with Gasteiger partial charge in [-0.25, -0.2) is 18.7 Å². The van der Waals surface area contributed by atoms with E-state index < -0.39 is 28.6 Å². The smallest absolute Gasteiger partial charge is 0.382 e. The number of alkyl halides is 3. The van der Waals surface area contributed by atoms with E-state index in [1.54, 1.807) is 4.52 Å². The number of benzene rings is 2. The van der Waals surface area contributed by atoms with Crippen LogP contribution in [0.25, 0.3) is 16.6 Å². The molecule has 0 aliphatic carbocycles. The van der Waals surface area contributed by atoms with Crippen molar-refractivity contribution in [1.82, 2.24) is 19.5 Å². The molecule has 0 saturated carbocycles. The fourth-order valence-corrected chi connectivity index (χ4v) is 4.79. The standard InChI is InChI=1S/C25H22ClF4N7O2/c26-19-3-2-15(11-18(19)25(28,29)30)36(24(32)38)21-4-1-14(9-20(21)27)17-10-16(12-35-5-7-39-8-6-35)37-22(17)23(31)33-13-34-37/h1-4,9-11,13H,5-8,12H2,(H2,32,38)(H2,31,33,34). The number of rotatable bonds is 5. The molecule has 2 aromatic heterocycles. The lowest BCUT2D eigenvalue weighted by Crippen LogP contribution is -2.36. The van der Waals surface area contributed by atoms with E-state index in [1.807, 2.05) is 6.07 Å². The Bertz CT molecular complexity index is 1550. The molecule has 1 aliphatic rings. The fraction of sp³-hybridized carbons (Fsp3) is 0.240. The van der Waals surface area contributed by atoms with Crippen molar-refractivity contribution in [2.24, 2.45) is 5.73 Å². The van der Waals surface area contributed by atoms with Crippen LogP contribution in [-0.2, 0) is 17.5 Å². The van der Waals surface area contributed by atoms with E-state index in [1.165, 1.54) is 18.5 Å². The first-order chi connectivity index (χ1) is 18.5. The van der Waals surface area contributed by atoms with E-state index in [0.29, 0.717) is 47.4 Å². The summed E-state index contributed by atoms with van der Waals surface area (Å²) in [5, 5.41) is 3.75. The molecule has 5 rings (SSSR count). The number of primary amides is 1. The number of nitrogen functional groups attached to an aromatic ring is 1. The molecule has 1 fully saturated rings. The van der Waals surface area contributed by atoms with Crippen LogP contribution in [0.15, 0.2) is 48.8 Å². The van der Waals surface area contributed by atoms with Crippen molar-refractivity contribution in [1.29, 1.82) is 0 Å². The lowest BCUT2D eigenvalue weighted by molar-refractivity contribution is -0.137. The highest BCUT2D eigenvalue weighted by Crippen LogP contribution is 2.40. The Balaban J connectivity index is 1.56. The first kappa shape index (κ1) is 26.7. The van der Waals surface area contributed by atoms with E-state index in [2.05, 4.69) is 15.0 Å². The van der Waals surface area contributed by atoms with Crippen LogP contribution >= 0.6 is 11.6 Å². The summed E-state index contributed by atoms with van der Waals surface area (Å²) in [7, 11) is 0. The minimum Gasteiger partial charge on any atom is -0.382 e. The molecule has 0 bridgehead atoms. The summed E-state index contributed by atoms with van der Waals surface area (Å²) in [4.78, 5) is 19.2. The second kappa shape index (κ2) is 10.3. The monoisotopic (exact) mass is 563 g/mol. The van der Waals surface area contributed by atoms with E-state index in [9.17, 15) is 18.0 Å². The van der Waals surface area contributed by atoms with Crippen molar-refractivity contribution in [3.8, 4) is 11.1 Å². The Kier molecular flexibility index (Phi) is 7.05. The molecule has 2 amide bonds. The second-order valence-corrected chi connectivity index (χ2v) is 9.25. The molecule has 14 heteroatoms. The Labute approximate surface area is 224 Å². The fourth-order valence-electron chi connectivity index (χ4n) is 4.56. The maximum absolute atomic E-state index is 15.5. The third-order valence-electron chi connectivity index (χ3n) is 6.38. The van der Waals surface area contributed by atoms with Crippen molar-refractivity contribution in [2.45, 2.75) is 12.7 Å². The largest absolute Gasteiger partial charge is 0.417 e. The number of anilines is 3. The van der Waals surface area contributed by atoms with Gasteiger partial charge in [0.25, 0.3) is 0 Å². The SMILES string of the molecule is NC(=O)N(c1ccc(Cl)c(C(F)(F)F)c1)c1ccc(-c2cc(CN3CCOCC3)n3ncnc(N)c23)cc1F. The maximum atomic E-state index is 15.5. The van der Waals surface area contributed by atoms with Crippen LogP contribution in [0.1, 0.15) is 11.3 Å². The summed E-state index contributed by atoms with van der Waals surface area (Å²) in [6.45, 7) is 3.21. The van der Waals surface area contributed by atoms with Gasteiger partial charge in [0.1, 0.15) is 17.7 Å². The van der Waals surface area contributed by atoms with E-state index in [-0.39, 0.29) is 17.2 Å². The number of hydrogen-bond acceptors (Lipinski definition) is 6. The molecule has 1 aliphatic heterocycles. The van der Waals surface area contributed by atoms with Gasteiger partial charge in [-0.15, -0.1) is 0 Å². The lowest BCUT2D eigenvalue weighted by atomic mass is 10.0. The molecule has 4 aromatic rings.